The molecule has 1 N–H and O–H groups in total. The third-order valence-corrected chi connectivity index (χ3v) is 2.87. The molecule has 14 heavy (non-hydrogen) atoms. The molecule has 0 aromatic rings. The fourth-order valence-electron chi connectivity index (χ4n) is 1.31. The first kappa shape index (κ1) is 16.2. The number of halogens is 1. The molecule has 0 spiro atoms. The molecule has 0 saturated carbocycles. The molecule has 0 rings (SSSR count). The van der Waals surface area contributed by atoms with Gasteiger partial charge in [-0.05, 0) is 26.7 Å². The monoisotopic (exact) mass is 223 g/mol. The highest BCUT2D eigenvalue weighted by molar-refractivity contribution is 5.66. The highest BCUT2D eigenvalue weighted by atomic mass is 35.5. The summed E-state index contributed by atoms with van der Waals surface area (Å²) in [6.45, 7) is 7.72. The standard InChI is InChI=1S/C10H21NO2.ClH/c1-4-11(3,5-2)9-7-6-8-10(12)13;/h4-9H2,1-3H3;1H. The zero-order chi connectivity index (χ0) is 10.3. The van der Waals surface area contributed by atoms with Crippen LogP contribution in [0.4, 0.5) is 0 Å². The number of unbranched alkanes of at least 4 members (excludes halogenated alkanes) is 1. The van der Waals surface area contributed by atoms with Crippen LogP contribution in [0.2, 0.25) is 0 Å². The number of carboxylic acid groups (broad SMARTS) is 1. The number of nitrogens with zero attached hydrogens (tertiary/aromatic N) is 1. The van der Waals surface area contributed by atoms with Gasteiger partial charge in [0.1, 0.15) is 0 Å². The Morgan fingerprint density at radius 2 is 1.71 bits per heavy atom. The molecule has 4 heteroatoms. The van der Waals surface area contributed by atoms with Crippen LogP contribution < -0.4 is 12.4 Å². The molecule has 0 aromatic heterocycles. The molecule has 0 atom stereocenters. The molecule has 3 nitrogen and oxygen atoms in total. The van der Waals surface area contributed by atoms with Crippen LogP contribution in [0.1, 0.15) is 33.1 Å². The number of hydrogen-bond donors (Lipinski definition) is 1. The molecule has 0 amide bonds. The van der Waals surface area contributed by atoms with Crippen molar-refractivity contribution in [3.63, 3.8) is 0 Å². The lowest BCUT2D eigenvalue weighted by Gasteiger charge is -2.32. The van der Waals surface area contributed by atoms with Gasteiger partial charge in [-0.3, -0.25) is 4.79 Å². The van der Waals surface area contributed by atoms with Crippen LogP contribution in [0.15, 0.2) is 0 Å². The molecule has 0 fully saturated rings. The molecule has 0 heterocycles. The van der Waals surface area contributed by atoms with Gasteiger partial charge in [-0.2, -0.15) is 0 Å². The number of carboxylic acids is 1. The van der Waals surface area contributed by atoms with E-state index in [4.69, 9.17) is 5.11 Å². The topological polar surface area (TPSA) is 37.3 Å². The molecule has 0 aliphatic rings. The van der Waals surface area contributed by atoms with Crippen molar-refractivity contribution in [2.45, 2.75) is 33.1 Å². The summed E-state index contributed by atoms with van der Waals surface area (Å²) in [4.78, 5) is 10.3. The number of carbonyl (C=O) groups is 1. The fourth-order valence-corrected chi connectivity index (χ4v) is 1.31. The van der Waals surface area contributed by atoms with Crippen LogP contribution in [0, 0.1) is 0 Å². The van der Waals surface area contributed by atoms with E-state index in [-0.39, 0.29) is 12.4 Å². The Labute approximate surface area is 93.1 Å². The lowest BCUT2D eigenvalue weighted by molar-refractivity contribution is -0.906. The molecule has 0 saturated heterocycles. The van der Waals surface area contributed by atoms with Crippen molar-refractivity contribution in [3.8, 4) is 0 Å². The summed E-state index contributed by atoms with van der Waals surface area (Å²) in [7, 11) is 2.22. The predicted octanol–water partition coefficient (Wildman–Crippen LogP) is -1.27. The normalized spacial score (nSPS) is 10.8. The van der Waals surface area contributed by atoms with Gasteiger partial charge in [-0.15, -0.1) is 0 Å². The summed E-state index contributed by atoms with van der Waals surface area (Å²) in [5, 5.41) is 8.45. The minimum atomic E-state index is -0.679. The average molecular weight is 224 g/mol. The van der Waals surface area contributed by atoms with Gasteiger partial charge in [0.25, 0.3) is 0 Å². The number of quaternary nitrogens is 1. The van der Waals surface area contributed by atoms with Crippen molar-refractivity contribution in [1.29, 1.82) is 0 Å². The van der Waals surface area contributed by atoms with Crippen molar-refractivity contribution in [2.75, 3.05) is 26.7 Å². The van der Waals surface area contributed by atoms with E-state index in [9.17, 15) is 4.79 Å². The second kappa shape index (κ2) is 8.06. The first-order valence-electron chi connectivity index (χ1n) is 5.09. The summed E-state index contributed by atoms with van der Waals surface area (Å²) < 4.78 is 1.06. The van der Waals surface area contributed by atoms with Gasteiger partial charge in [0.05, 0.1) is 26.7 Å². The Balaban J connectivity index is 0. The van der Waals surface area contributed by atoms with Gasteiger partial charge >= 0.3 is 5.97 Å². The smallest absolute Gasteiger partial charge is 0.303 e. The minimum absolute atomic E-state index is 0. The summed E-state index contributed by atoms with van der Waals surface area (Å²) in [5.41, 5.74) is 0. The molecule has 0 aliphatic carbocycles. The van der Waals surface area contributed by atoms with Crippen LogP contribution in [0.25, 0.3) is 0 Å². The van der Waals surface area contributed by atoms with Gasteiger partial charge in [-0.25, -0.2) is 0 Å². The second-order valence-electron chi connectivity index (χ2n) is 3.83. The maximum Gasteiger partial charge on any atom is 0.303 e. The van der Waals surface area contributed by atoms with E-state index in [1.807, 2.05) is 0 Å². The van der Waals surface area contributed by atoms with Gasteiger partial charge in [0.2, 0.25) is 0 Å². The van der Waals surface area contributed by atoms with Gasteiger partial charge in [0, 0.05) is 6.42 Å². The largest absolute Gasteiger partial charge is 1.00 e. The number of aliphatic carboxylic acids is 1. The first-order chi connectivity index (χ1) is 6.04. The molecule has 86 valence electrons. The minimum Gasteiger partial charge on any atom is -1.00 e. The zero-order valence-electron chi connectivity index (χ0n) is 9.42. The van der Waals surface area contributed by atoms with Crippen LogP contribution in [-0.2, 0) is 4.79 Å². The molecule has 0 bridgehead atoms. The predicted molar refractivity (Wildman–Crippen MR) is 53.6 cm³/mol. The van der Waals surface area contributed by atoms with Crippen LogP contribution >= 0.6 is 0 Å². The van der Waals surface area contributed by atoms with E-state index in [1.165, 1.54) is 0 Å². The lowest BCUT2D eigenvalue weighted by Crippen LogP contribution is -3.00. The van der Waals surface area contributed by atoms with Crippen LogP contribution in [-0.4, -0.2) is 42.2 Å². The number of hydrogen-bond acceptors (Lipinski definition) is 1. The Kier molecular flexibility index (Phi) is 9.31. The highest BCUT2D eigenvalue weighted by Gasteiger charge is 2.15. The summed E-state index contributed by atoms with van der Waals surface area (Å²) in [6.07, 6.45) is 2.14. The Morgan fingerprint density at radius 1 is 1.21 bits per heavy atom. The molecule has 0 aliphatic heterocycles. The summed E-state index contributed by atoms with van der Waals surface area (Å²) in [6, 6.07) is 0. The highest BCUT2D eigenvalue weighted by Crippen LogP contribution is 2.05. The first-order valence-corrected chi connectivity index (χ1v) is 5.09. The maximum absolute atomic E-state index is 10.3. The van der Waals surface area contributed by atoms with Crippen molar-refractivity contribution < 1.29 is 26.8 Å². The quantitative estimate of drug-likeness (QED) is 0.432. The van der Waals surface area contributed by atoms with Crippen molar-refractivity contribution in [3.05, 3.63) is 0 Å². The van der Waals surface area contributed by atoms with Crippen molar-refractivity contribution >= 4 is 5.97 Å². The van der Waals surface area contributed by atoms with E-state index in [0.717, 1.165) is 37.0 Å². The summed E-state index contributed by atoms with van der Waals surface area (Å²) >= 11 is 0. The fraction of sp³-hybridized carbons (Fsp3) is 0.900. The van der Waals surface area contributed by atoms with E-state index in [0.29, 0.717) is 6.42 Å². The van der Waals surface area contributed by atoms with E-state index >= 15 is 0 Å². The van der Waals surface area contributed by atoms with E-state index < -0.39 is 5.97 Å². The van der Waals surface area contributed by atoms with Crippen molar-refractivity contribution in [2.24, 2.45) is 0 Å². The molecule has 0 radical (unpaired) electrons. The third kappa shape index (κ3) is 7.15. The summed E-state index contributed by atoms with van der Waals surface area (Å²) in [5.74, 6) is -0.679. The Hall–Kier alpha value is -0.280. The molecular formula is C10H22ClNO2. The molecular weight excluding hydrogens is 202 g/mol. The van der Waals surface area contributed by atoms with Crippen LogP contribution in [0.5, 0.6) is 0 Å². The SMILES string of the molecule is CC[N+](C)(CC)CCCCC(=O)O.[Cl-]. The Morgan fingerprint density at radius 3 is 2.07 bits per heavy atom. The van der Waals surface area contributed by atoms with Crippen LogP contribution in [0.3, 0.4) is 0 Å². The van der Waals surface area contributed by atoms with E-state index in [1.54, 1.807) is 0 Å². The number of rotatable bonds is 7. The van der Waals surface area contributed by atoms with Gasteiger partial charge in [0.15, 0.2) is 0 Å². The van der Waals surface area contributed by atoms with Gasteiger partial charge < -0.3 is 22.0 Å². The third-order valence-electron chi connectivity index (χ3n) is 2.87. The Bertz CT molecular complexity index is 158. The van der Waals surface area contributed by atoms with Crippen molar-refractivity contribution in [1.82, 2.24) is 0 Å². The zero-order valence-corrected chi connectivity index (χ0v) is 10.2. The van der Waals surface area contributed by atoms with E-state index in [2.05, 4.69) is 20.9 Å². The lowest BCUT2D eigenvalue weighted by atomic mass is 10.2. The van der Waals surface area contributed by atoms with Gasteiger partial charge in [-0.1, -0.05) is 0 Å². The average Bonchev–Trinajstić information content (AvgIpc) is 2.12. The second-order valence-corrected chi connectivity index (χ2v) is 3.83. The maximum atomic E-state index is 10.3. The molecule has 0 unspecified atom stereocenters. The molecule has 0 aromatic carbocycles.